The fourth-order valence-electron chi connectivity index (χ4n) is 3.76. The number of ether oxygens (including phenoxy) is 2. The number of methoxy groups -OCH3 is 1. The highest BCUT2D eigenvalue weighted by molar-refractivity contribution is 5.82. The van der Waals surface area contributed by atoms with Crippen LogP contribution in [-0.2, 0) is 25.5 Å². The molecule has 0 N–H and O–H groups in total. The summed E-state index contributed by atoms with van der Waals surface area (Å²) in [6.07, 6.45) is 3.89. The molecule has 0 aliphatic carbocycles. The summed E-state index contributed by atoms with van der Waals surface area (Å²) in [4.78, 5) is 34.8. The van der Waals surface area contributed by atoms with Crippen molar-refractivity contribution in [2.45, 2.75) is 12.8 Å². The molecule has 2 aliphatic rings. The van der Waals surface area contributed by atoms with Gasteiger partial charge in [-0.3, -0.25) is 14.6 Å². The minimum atomic E-state index is -0.733. The third-order valence-electron chi connectivity index (χ3n) is 5.28. The number of nitrogens with zero attached hydrogens (tertiary/aromatic N) is 4. The Balaban J connectivity index is 1.37. The third-order valence-corrected chi connectivity index (χ3v) is 5.28. The number of likely N-dealkylation sites (tertiary alicyclic amines) is 1. The molecule has 27 heavy (non-hydrogen) atoms. The van der Waals surface area contributed by atoms with E-state index in [0.29, 0.717) is 44.4 Å². The van der Waals surface area contributed by atoms with Crippen LogP contribution in [0.25, 0.3) is 11.4 Å². The Morgan fingerprint density at radius 2 is 2.19 bits per heavy atom. The standard InChI is InChI=1S/C18H20N4O5/c1-25-17(24)18-10-22(8-13(18)9-26-11-18)15(23)3-2-14-20-16(21-27-14)12-4-6-19-7-5-12/h4-7,13H,2-3,8-11H2,1H3/t13-,18-/m0/s1. The number of carbonyl (C=O) groups excluding carboxylic acids is 2. The van der Waals surface area contributed by atoms with Gasteiger partial charge in [0.1, 0.15) is 5.41 Å². The number of fused-ring (bicyclic) bond motifs is 1. The molecule has 9 heteroatoms. The van der Waals surface area contributed by atoms with Gasteiger partial charge in [-0.05, 0) is 12.1 Å². The quantitative estimate of drug-likeness (QED) is 0.706. The number of hydrogen-bond donors (Lipinski definition) is 0. The van der Waals surface area contributed by atoms with Crippen LogP contribution >= 0.6 is 0 Å². The second-order valence-electron chi connectivity index (χ2n) is 6.88. The molecular weight excluding hydrogens is 352 g/mol. The molecular formula is C18H20N4O5. The summed E-state index contributed by atoms with van der Waals surface area (Å²) in [5.41, 5.74) is 0.0716. The maximum atomic E-state index is 12.6. The first kappa shape index (κ1) is 17.6. The highest BCUT2D eigenvalue weighted by Crippen LogP contribution is 2.42. The Bertz CT molecular complexity index is 839. The molecule has 2 fully saturated rings. The summed E-state index contributed by atoms with van der Waals surface area (Å²) in [6.45, 7) is 1.60. The molecule has 2 aromatic rings. The lowest BCUT2D eigenvalue weighted by Gasteiger charge is -2.23. The Morgan fingerprint density at radius 3 is 2.96 bits per heavy atom. The predicted octanol–water partition coefficient (Wildman–Crippen LogP) is 0.712. The summed E-state index contributed by atoms with van der Waals surface area (Å²) < 4.78 is 15.6. The van der Waals surface area contributed by atoms with Crippen LogP contribution in [0.4, 0.5) is 0 Å². The zero-order valence-corrected chi connectivity index (χ0v) is 15.0. The number of carbonyl (C=O) groups is 2. The molecule has 2 aliphatic heterocycles. The van der Waals surface area contributed by atoms with Gasteiger partial charge < -0.3 is 18.9 Å². The fraction of sp³-hybridized carbons (Fsp3) is 0.500. The minimum Gasteiger partial charge on any atom is -0.468 e. The second-order valence-corrected chi connectivity index (χ2v) is 6.88. The first-order valence-corrected chi connectivity index (χ1v) is 8.79. The highest BCUT2D eigenvalue weighted by atomic mass is 16.5. The number of aryl methyl sites for hydroxylation is 1. The number of pyridine rings is 1. The van der Waals surface area contributed by atoms with Gasteiger partial charge in [0.2, 0.25) is 17.6 Å². The zero-order valence-electron chi connectivity index (χ0n) is 15.0. The van der Waals surface area contributed by atoms with E-state index in [2.05, 4.69) is 15.1 Å². The van der Waals surface area contributed by atoms with Crippen LogP contribution in [0.1, 0.15) is 12.3 Å². The average molecular weight is 372 g/mol. The summed E-state index contributed by atoms with van der Waals surface area (Å²) in [5.74, 6) is 0.504. The van der Waals surface area contributed by atoms with Gasteiger partial charge in [-0.2, -0.15) is 4.98 Å². The Hall–Kier alpha value is -2.81. The van der Waals surface area contributed by atoms with Gasteiger partial charge in [-0.1, -0.05) is 5.16 Å². The van der Waals surface area contributed by atoms with Crippen molar-refractivity contribution < 1.29 is 23.6 Å². The summed E-state index contributed by atoms with van der Waals surface area (Å²) in [7, 11) is 1.37. The van der Waals surface area contributed by atoms with Gasteiger partial charge in [0.25, 0.3) is 0 Å². The van der Waals surface area contributed by atoms with Crippen LogP contribution in [0.2, 0.25) is 0 Å². The van der Waals surface area contributed by atoms with Gasteiger partial charge in [-0.25, -0.2) is 0 Å². The molecule has 142 valence electrons. The minimum absolute atomic E-state index is 0.0180. The molecule has 0 saturated carbocycles. The van der Waals surface area contributed by atoms with E-state index in [-0.39, 0.29) is 24.2 Å². The van der Waals surface area contributed by atoms with Crippen LogP contribution < -0.4 is 0 Å². The van der Waals surface area contributed by atoms with Crippen LogP contribution in [0.15, 0.2) is 29.0 Å². The van der Waals surface area contributed by atoms with Crippen molar-refractivity contribution in [3.8, 4) is 11.4 Å². The Morgan fingerprint density at radius 1 is 1.37 bits per heavy atom. The maximum absolute atomic E-state index is 12.6. The first-order chi connectivity index (χ1) is 13.1. The van der Waals surface area contributed by atoms with E-state index < -0.39 is 5.41 Å². The SMILES string of the molecule is COC(=O)[C@@]12COC[C@@H]1CN(C(=O)CCc1nc(-c3ccncc3)no1)C2. The van der Waals surface area contributed by atoms with Crippen molar-refractivity contribution in [2.75, 3.05) is 33.4 Å². The van der Waals surface area contributed by atoms with E-state index >= 15 is 0 Å². The molecule has 0 aromatic carbocycles. The number of rotatable bonds is 5. The first-order valence-electron chi connectivity index (χ1n) is 8.79. The Kier molecular flexibility index (Phi) is 4.61. The van der Waals surface area contributed by atoms with Gasteiger partial charge in [0.15, 0.2) is 0 Å². The molecule has 2 saturated heterocycles. The molecule has 0 unspecified atom stereocenters. The van der Waals surface area contributed by atoms with E-state index in [1.165, 1.54) is 7.11 Å². The van der Waals surface area contributed by atoms with Crippen molar-refractivity contribution in [2.24, 2.45) is 11.3 Å². The molecule has 9 nitrogen and oxygen atoms in total. The second kappa shape index (κ2) is 7.07. The fourth-order valence-corrected chi connectivity index (χ4v) is 3.76. The summed E-state index contributed by atoms with van der Waals surface area (Å²) in [5, 5.41) is 3.94. The van der Waals surface area contributed by atoms with Crippen LogP contribution in [0, 0.1) is 11.3 Å². The summed E-state index contributed by atoms with van der Waals surface area (Å²) >= 11 is 0. The van der Waals surface area contributed by atoms with Crippen LogP contribution in [0.5, 0.6) is 0 Å². The van der Waals surface area contributed by atoms with Crippen molar-refractivity contribution in [1.82, 2.24) is 20.0 Å². The van der Waals surface area contributed by atoms with Crippen LogP contribution in [0.3, 0.4) is 0 Å². The molecule has 2 atom stereocenters. The number of amides is 1. The molecule has 0 radical (unpaired) electrons. The van der Waals surface area contributed by atoms with E-state index in [1.807, 2.05) is 0 Å². The van der Waals surface area contributed by atoms with E-state index in [0.717, 1.165) is 5.56 Å². The third kappa shape index (κ3) is 3.18. The van der Waals surface area contributed by atoms with Gasteiger partial charge in [0, 0.05) is 49.8 Å². The number of aromatic nitrogens is 3. The predicted molar refractivity (Wildman–Crippen MR) is 91.2 cm³/mol. The monoisotopic (exact) mass is 372 g/mol. The molecule has 0 spiro atoms. The lowest BCUT2D eigenvalue weighted by molar-refractivity contribution is -0.153. The van der Waals surface area contributed by atoms with Gasteiger partial charge in [0.05, 0.1) is 20.3 Å². The van der Waals surface area contributed by atoms with Crippen molar-refractivity contribution in [3.05, 3.63) is 30.4 Å². The van der Waals surface area contributed by atoms with Gasteiger partial charge >= 0.3 is 5.97 Å². The van der Waals surface area contributed by atoms with Crippen molar-refractivity contribution in [1.29, 1.82) is 0 Å². The van der Waals surface area contributed by atoms with Crippen LogP contribution in [-0.4, -0.2) is 65.3 Å². The van der Waals surface area contributed by atoms with E-state index in [9.17, 15) is 9.59 Å². The van der Waals surface area contributed by atoms with Crippen molar-refractivity contribution >= 4 is 11.9 Å². The maximum Gasteiger partial charge on any atom is 0.316 e. The van der Waals surface area contributed by atoms with Gasteiger partial charge in [-0.15, -0.1) is 0 Å². The van der Waals surface area contributed by atoms with E-state index in [1.54, 1.807) is 29.4 Å². The summed E-state index contributed by atoms with van der Waals surface area (Å²) in [6, 6.07) is 3.58. The lowest BCUT2D eigenvalue weighted by Crippen LogP contribution is -2.41. The van der Waals surface area contributed by atoms with Crippen molar-refractivity contribution in [3.63, 3.8) is 0 Å². The number of hydrogen-bond acceptors (Lipinski definition) is 8. The molecule has 1 amide bonds. The topological polar surface area (TPSA) is 108 Å². The largest absolute Gasteiger partial charge is 0.468 e. The highest BCUT2D eigenvalue weighted by Gasteiger charge is 2.57. The normalized spacial score (nSPS) is 24.0. The molecule has 0 bridgehead atoms. The molecule has 2 aromatic heterocycles. The number of esters is 1. The smallest absolute Gasteiger partial charge is 0.316 e. The lowest BCUT2D eigenvalue weighted by atomic mass is 9.81. The average Bonchev–Trinajstić information content (AvgIpc) is 3.40. The van der Waals surface area contributed by atoms with E-state index in [4.69, 9.17) is 14.0 Å². The Labute approximate surface area is 155 Å². The molecule has 4 rings (SSSR count). The zero-order chi connectivity index (χ0) is 18.9. The molecule has 4 heterocycles.